The first kappa shape index (κ1) is 16.0. The van der Waals surface area contributed by atoms with Gasteiger partial charge >= 0.3 is 6.09 Å². The molecule has 17 heavy (non-hydrogen) atoms. The fourth-order valence-electron chi connectivity index (χ4n) is 1.31. The normalized spacial score (nSPS) is 11.4. The summed E-state index contributed by atoms with van der Waals surface area (Å²) in [5, 5.41) is 0. The van der Waals surface area contributed by atoms with Crippen molar-refractivity contribution in [2.45, 2.75) is 33.3 Å². The van der Waals surface area contributed by atoms with E-state index in [1.807, 2.05) is 40.8 Å². The van der Waals surface area contributed by atoms with E-state index in [2.05, 4.69) is 11.5 Å². The molecular formula is C13H26N2O2. The molecule has 0 fully saturated rings. The maximum Gasteiger partial charge on any atom is 0.410 e. The fourth-order valence-corrected chi connectivity index (χ4v) is 1.31. The lowest BCUT2D eigenvalue weighted by molar-refractivity contribution is 0.0249. The number of rotatable bonds is 6. The van der Waals surface area contributed by atoms with E-state index < -0.39 is 5.60 Å². The highest BCUT2D eigenvalue weighted by atomic mass is 16.6. The molecule has 0 N–H and O–H groups in total. The van der Waals surface area contributed by atoms with Crippen molar-refractivity contribution in [1.29, 1.82) is 0 Å². The quantitative estimate of drug-likeness (QED) is 0.670. The van der Waals surface area contributed by atoms with E-state index >= 15 is 0 Å². The molecule has 0 unspecified atom stereocenters. The standard InChI is InChI=1S/C13H26N2O2/c1-7-9-14(6)10-11-15(8-2)12(16)17-13(3,4)5/h7H,1,8-11H2,2-6H3. The zero-order valence-corrected chi connectivity index (χ0v) is 11.8. The Labute approximate surface area is 105 Å². The summed E-state index contributed by atoms with van der Waals surface area (Å²) in [4.78, 5) is 15.6. The molecule has 0 aromatic heterocycles. The molecule has 0 aromatic rings. The van der Waals surface area contributed by atoms with E-state index in [1.54, 1.807) is 4.90 Å². The van der Waals surface area contributed by atoms with Gasteiger partial charge in [-0.1, -0.05) is 6.08 Å². The van der Waals surface area contributed by atoms with Gasteiger partial charge in [-0.3, -0.25) is 0 Å². The summed E-state index contributed by atoms with van der Waals surface area (Å²) < 4.78 is 5.33. The predicted molar refractivity (Wildman–Crippen MR) is 71.2 cm³/mol. The van der Waals surface area contributed by atoms with Crippen molar-refractivity contribution in [2.24, 2.45) is 0 Å². The molecule has 0 heterocycles. The molecule has 0 saturated heterocycles. The van der Waals surface area contributed by atoms with Crippen LogP contribution in [0.25, 0.3) is 0 Å². The van der Waals surface area contributed by atoms with E-state index in [1.165, 1.54) is 0 Å². The zero-order valence-electron chi connectivity index (χ0n) is 11.8. The summed E-state index contributed by atoms with van der Waals surface area (Å²) in [6, 6.07) is 0. The first-order valence-corrected chi connectivity index (χ1v) is 6.07. The van der Waals surface area contributed by atoms with E-state index in [0.717, 1.165) is 13.1 Å². The topological polar surface area (TPSA) is 32.8 Å². The van der Waals surface area contributed by atoms with Crippen LogP contribution >= 0.6 is 0 Å². The average molecular weight is 242 g/mol. The van der Waals surface area contributed by atoms with Gasteiger partial charge in [-0.25, -0.2) is 4.79 Å². The smallest absolute Gasteiger partial charge is 0.410 e. The number of nitrogens with zero attached hydrogens (tertiary/aromatic N) is 2. The molecule has 0 atom stereocenters. The van der Waals surface area contributed by atoms with Gasteiger partial charge in [0.1, 0.15) is 5.60 Å². The molecule has 0 spiro atoms. The molecule has 1 amide bonds. The molecule has 0 bridgehead atoms. The Balaban J connectivity index is 4.14. The predicted octanol–water partition coefficient (Wildman–Crippen LogP) is 2.36. The van der Waals surface area contributed by atoms with Crippen LogP contribution in [0.1, 0.15) is 27.7 Å². The molecule has 4 heteroatoms. The molecule has 0 aliphatic heterocycles. The van der Waals surface area contributed by atoms with Crippen molar-refractivity contribution < 1.29 is 9.53 Å². The van der Waals surface area contributed by atoms with Crippen LogP contribution in [0.2, 0.25) is 0 Å². The Kier molecular flexibility index (Phi) is 6.88. The van der Waals surface area contributed by atoms with Gasteiger partial charge in [0, 0.05) is 26.2 Å². The number of ether oxygens (including phenoxy) is 1. The number of carbonyl (C=O) groups excluding carboxylic acids is 1. The Morgan fingerprint density at radius 3 is 2.35 bits per heavy atom. The number of hydrogen-bond acceptors (Lipinski definition) is 3. The maximum atomic E-state index is 11.8. The summed E-state index contributed by atoms with van der Waals surface area (Å²) in [6.07, 6.45) is 1.61. The van der Waals surface area contributed by atoms with Crippen molar-refractivity contribution in [3.8, 4) is 0 Å². The Morgan fingerprint density at radius 2 is 1.94 bits per heavy atom. The van der Waals surface area contributed by atoms with Gasteiger partial charge in [0.15, 0.2) is 0 Å². The Hall–Kier alpha value is -1.03. The summed E-state index contributed by atoms with van der Waals surface area (Å²) >= 11 is 0. The van der Waals surface area contributed by atoms with E-state index in [4.69, 9.17) is 4.74 Å². The van der Waals surface area contributed by atoms with Crippen molar-refractivity contribution in [1.82, 2.24) is 9.80 Å². The summed E-state index contributed by atoms with van der Waals surface area (Å²) in [5.41, 5.74) is -0.433. The van der Waals surface area contributed by atoms with Crippen LogP contribution in [-0.2, 0) is 4.74 Å². The zero-order chi connectivity index (χ0) is 13.5. The van der Waals surface area contributed by atoms with Gasteiger partial charge in [-0.15, -0.1) is 6.58 Å². The summed E-state index contributed by atoms with van der Waals surface area (Å²) in [6.45, 7) is 14.3. The van der Waals surface area contributed by atoms with Gasteiger partial charge in [0.05, 0.1) is 0 Å². The minimum Gasteiger partial charge on any atom is -0.444 e. The minimum absolute atomic E-state index is 0.244. The van der Waals surface area contributed by atoms with Gasteiger partial charge in [-0.05, 0) is 34.7 Å². The lowest BCUT2D eigenvalue weighted by Crippen LogP contribution is -2.40. The first-order valence-electron chi connectivity index (χ1n) is 6.07. The SMILES string of the molecule is C=CCN(C)CCN(CC)C(=O)OC(C)(C)C. The Morgan fingerprint density at radius 1 is 1.35 bits per heavy atom. The van der Waals surface area contributed by atoms with Crippen molar-refractivity contribution >= 4 is 6.09 Å². The summed E-state index contributed by atoms with van der Waals surface area (Å²) in [7, 11) is 2.00. The molecule has 4 nitrogen and oxygen atoms in total. The van der Waals surface area contributed by atoms with E-state index in [0.29, 0.717) is 13.1 Å². The van der Waals surface area contributed by atoms with Crippen LogP contribution in [0.15, 0.2) is 12.7 Å². The minimum atomic E-state index is -0.433. The second-order valence-corrected chi connectivity index (χ2v) is 5.11. The van der Waals surface area contributed by atoms with E-state index in [9.17, 15) is 4.79 Å². The molecule has 0 aliphatic rings. The number of carbonyl (C=O) groups is 1. The third-order valence-electron chi connectivity index (χ3n) is 2.23. The number of hydrogen-bond donors (Lipinski definition) is 0. The molecule has 0 aliphatic carbocycles. The average Bonchev–Trinajstić information content (AvgIpc) is 2.16. The van der Waals surface area contributed by atoms with Crippen molar-refractivity contribution in [3.05, 3.63) is 12.7 Å². The number of likely N-dealkylation sites (N-methyl/N-ethyl adjacent to an activating group) is 2. The number of amides is 1. The highest BCUT2D eigenvalue weighted by molar-refractivity contribution is 5.68. The first-order chi connectivity index (χ1) is 7.80. The summed E-state index contributed by atoms with van der Waals surface area (Å²) in [5.74, 6) is 0. The second-order valence-electron chi connectivity index (χ2n) is 5.11. The lowest BCUT2D eigenvalue weighted by Gasteiger charge is -2.27. The van der Waals surface area contributed by atoms with Gasteiger partial charge in [-0.2, -0.15) is 0 Å². The molecule has 0 aromatic carbocycles. The highest BCUT2D eigenvalue weighted by Gasteiger charge is 2.20. The van der Waals surface area contributed by atoms with Crippen LogP contribution < -0.4 is 0 Å². The van der Waals surface area contributed by atoms with Crippen LogP contribution in [0, 0.1) is 0 Å². The largest absolute Gasteiger partial charge is 0.444 e. The molecule has 0 radical (unpaired) electrons. The van der Waals surface area contributed by atoms with Gasteiger partial charge in [0.2, 0.25) is 0 Å². The molecular weight excluding hydrogens is 216 g/mol. The van der Waals surface area contributed by atoms with Crippen molar-refractivity contribution in [2.75, 3.05) is 33.2 Å². The fraction of sp³-hybridized carbons (Fsp3) is 0.769. The molecule has 0 rings (SSSR count). The van der Waals surface area contributed by atoms with Crippen LogP contribution in [-0.4, -0.2) is 54.7 Å². The monoisotopic (exact) mass is 242 g/mol. The van der Waals surface area contributed by atoms with Gasteiger partial charge < -0.3 is 14.5 Å². The van der Waals surface area contributed by atoms with Crippen LogP contribution in [0.3, 0.4) is 0 Å². The van der Waals surface area contributed by atoms with Gasteiger partial charge in [0.25, 0.3) is 0 Å². The van der Waals surface area contributed by atoms with E-state index in [-0.39, 0.29) is 6.09 Å². The third-order valence-corrected chi connectivity index (χ3v) is 2.23. The third kappa shape index (κ3) is 7.80. The van der Waals surface area contributed by atoms with Crippen LogP contribution in [0.4, 0.5) is 4.79 Å². The molecule has 100 valence electrons. The van der Waals surface area contributed by atoms with Crippen LogP contribution in [0.5, 0.6) is 0 Å². The molecule has 0 saturated carbocycles. The lowest BCUT2D eigenvalue weighted by atomic mass is 10.2. The second kappa shape index (κ2) is 7.33. The highest BCUT2D eigenvalue weighted by Crippen LogP contribution is 2.09. The Bertz CT molecular complexity index is 246. The van der Waals surface area contributed by atoms with Crippen molar-refractivity contribution in [3.63, 3.8) is 0 Å². The maximum absolute atomic E-state index is 11.8.